The van der Waals surface area contributed by atoms with Gasteiger partial charge in [0, 0.05) is 19.3 Å². The van der Waals surface area contributed by atoms with Gasteiger partial charge in [0.15, 0.2) is 6.10 Å². The number of allylic oxidation sites excluding steroid dienone is 16. The molecule has 1 atom stereocenters. The third kappa shape index (κ3) is 57.2. The Balaban J connectivity index is 4.27. The Morgan fingerprint density at radius 3 is 0.847 bits per heavy atom. The molecule has 0 fully saturated rings. The van der Waals surface area contributed by atoms with E-state index in [0.717, 1.165) is 116 Å². The SMILES string of the molecule is CC/C=C\C/C=C\C/C=C\C/C=C\C/C=C\CCCCCCCCCC(=O)OCC(COC(=O)CCCCCCCCCC)OC(=O)CCCCCCCCCC/C=C\C/C=C\C/C=C\CCCCCCC. The molecule has 0 heterocycles. The van der Waals surface area contributed by atoms with Gasteiger partial charge in [-0.2, -0.15) is 0 Å². The molecule has 0 saturated heterocycles. The van der Waals surface area contributed by atoms with E-state index in [1.807, 2.05) is 0 Å². The minimum absolute atomic E-state index is 0.0833. The summed E-state index contributed by atoms with van der Waals surface area (Å²) in [6, 6.07) is 0. The fourth-order valence-electron chi connectivity index (χ4n) is 8.30. The van der Waals surface area contributed by atoms with Gasteiger partial charge in [-0.25, -0.2) is 0 Å². The van der Waals surface area contributed by atoms with E-state index < -0.39 is 6.10 Å². The molecular weight excluding hydrogens is 889 g/mol. The molecule has 0 saturated carbocycles. The minimum atomic E-state index is -0.785. The second kappa shape index (κ2) is 59.9. The summed E-state index contributed by atoms with van der Waals surface area (Å²) >= 11 is 0. The summed E-state index contributed by atoms with van der Waals surface area (Å²) in [5, 5.41) is 0. The molecule has 0 aromatic carbocycles. The highest BCUT2D eigenvalue weighted by molar-refractivity contribution is 5.71. The Hall–Kier alpha value is -3.67. The molecule has 0 rings (SSSR count). The molecule has 0 spiro atoms. The van der Waals surface area contributed by atoms with Crippen LogP contribution < -0.4 is 0 Å². The summed E-state index contributed by atoms with van der Waals surface area (Å²) in [5.41, 5.74) is 0. The Bertz CT molecular complexity index is 1430. The van der Waals surface area contributed by atoms with Crippen LogP contribution in [0.1, 0.15) is 284 Å². The predicted octanol–water partition coefficient (Wildman–Crippen LogP) is 20.5. The molecule has 0 radical (unpaired) electrons. The van der Waals surface area contributed by atoms with Gasteiger partial charge in [0.05, 0.1) is 0 Å². The highest BCUT2D eigenvalue weighted by Crippen LogP contribution is 2.15. The molecule has 6 nitrogen and oxygen atoms in total. The van der Waals surface area contributed by atoms with Gasteiger partial charge in [0.2, 0.25) is 0 Å². The first kappa shape index (κ1) is 68.3. The van der Waals surface area contributed by atoms with Crippen molar-refractivity contribution in [2.45, 2.75) is 290 Å². The largest absolute Gasteiger partial charge is 0.462 e. The minimum Gasteiger partial charge on any atom is -0.462 e. The molecule has 0 amide bonds. The van der Waals surface area contributed by atoms with Gasteiger partial charge in [-0.05, 0) is 103 Å². The highest BCUT2D eigenvalue weighted by Gasteiger charge is 2.19. The molecule has 0 aromatic rings. The van der Waals surface area contributed by atoms with Crippen molar-refractivity contribution in [2.75, 3.05) is 13.2 Å². The normalized spacial score (nSPS) is 12.8. The maximum atomic E-state index is 12.9. The van der Waals surface area contributed by atoms with Crippen LogP contribution in [0.15, 0.2) is 97.2 Å². The molecule has 0 aromatic heterocycles. The number of rotatable bonds is 54. The zero-order valence-electron chi connectivity index (χ0n) is 47.2. The average molecular weight is 1000 g/mol. The summed E-state index contributed by atoms with van der Waals surface area (Å²) in [6.45, 7) is 6.48. The maximum Gasteiger partial charge on any atom is 0.306 e. The van der Waals surface area contributed by atoms with E-state index in [4.69, 9.17) is 14.2 Å². The van der Waals surface area contributed by atoms with E-state index in [0.29, 0.717) is 19.3 Å². The smallest absolute Gasteiger partial charge is 0.306 e. The lowest BCUT2D eigenvalue weighted by molar-refractivity contribution is -0.167. The van der Waals surface area contributed by atoms with E-state index in [1.165, 1.54) is 128 Å². The van der Waals surface area contributed by atoms with Crippen molar-refractivity contribution in [1.82, 2.24) is 0 Å². The van der Waals surface area contributed by atoms with E-state index in [-0.39, 0.29) is 31.1 Å². The zero-order valence-corrected chi connectivity index (χ0v) is 47.2. The number of hydrogen-bond acceptors (Lipinski definition) is 6. The second-order valence-electron chi connectivity index (χ2n) is 19.9. The monoisotopic (exact) mass is 1000 g/mol. The van der Waals surface area contributed by atoms with Crippen LogP contribution in [0.3, 0.4) is 0 Å². The van der Waals surface area contributed by atoms with Crippen molar-refractivity contribution in [3.8, 4) is 0 Å². The van der Waals surface area contributed by atoms with E-state index >= 15 is 0 Å². The number of carbonyl (C=O) groups is 3. The number of esters is 3. The zero-order chi connectivity index (χ0) is 52.2. The van der Waals surface area contributed by atoms with E-state index in [1.54, 1.807) is 0 Å². The Kier molecular flexibility index (Phi) is 56.8. The van der Waals surface area contributed by atoms with Crippen LogP contribution in [0.2, 0.25) is 0 Å². The molecule has 0 N–H and O–H groups in total. The average Bonchev–Trinajstić information content (AvgIpc) is 3.38. The number of hydrogen-bond donors (Lipinski definition) is 0. The quantitative estimate of drug-likeness (QED) is 0.0261. The molecule has 412 valence electrons. The Morgan fingerprint density at radius 2 is 0.542 bits per heavy atom. The van der Waals surface area contributed by atoms with Gasteiger partial charge < -0.3 is 14.2 Å². The summed E-state index contributed by atoms with van der Waals surface area (Å²) in [7, 11) is 0. The summed E-state index contributed by atoms with van der Waals surface area (Å²) in [4.78, 5) is 38.1. The van der Waals surface area contributed by atoms with Gasteiger partial charge in [0.25, 0.3) is 0 Å². The van der Waals surface area contributed by atoms with Crippen LogP contribution in [0.5, 0.6) is 0 Å². The number of ether oxygens (including phenoxy) is 3. The van der Waals surface area contributed by atoms with Crippen LogP contribution in [-0.2, 0) is 28.6 Å². The van der Waals surface area contributed by atoms with Crippen molar-refractivity contribution in [2.24, 2.45) is 0 Å². The molecule has 0 aliphatic rings. The van der Waals surface area contributed by atoms with Crippen molar-refractivity contribution < 1.29 is 28.6 Å². The van der Waals surface area contributed by atoms with Crippen LogP contribution in [0, 0.1) is 0 Å². The third-order valence-corrected chi connectivity index (χ3v) is 12.8. The summed E-state index contributed by atoms with van der Waals surface area (Å²) in [6.07, 6.45) is 79.8. The molecule has 0 bridgehead atoms. The third-order valence-electron chi connectivity index (χ3n) is 12.8. The topological polar surface area (TPSA) is 78.9 Å². The van der Waals surface area contributed by atoms with Crippen LogP contribution in [-0.4, -0.2) is 37.2 Å². The molecular formula is C66H112O6. The maximum absolute atomic E-state index is 12.9. The standard InChI is InChI=1S/C66H112O6/c1-4-7-10-13-16-19-21-23-25-27-29-31-33-35-37-39-41-43-45-47-50-53-56-59-65(68)71-62-63(61-70-64(67)58-55-52-49-18-15-12-9-6-3)72-66(69)60-57-54-51-48-46-44-42-40-38-36-34-32-30-28-26-24-22-20-17-14-11-8-5-2/h7,10,16,19,22-25,28-31,34-37,63H,4-6,8-9,11-15,17-18,20-21,26-27,32-33,38-62H2,1-3H3/b10-7-,19-16-,24-22-,25-23-,30-28-,31-29-,36-34-,37-35-. The first-order valence-electron chi connectivity index (χ1n) is 30.2. The first-order valence-corrected chi connectivity index (χ1v) is 30.2. The van der Waals surface area contributed by atoms with Crippen molar-refractivity contribution in [3.05, 3.63) is 97.2 Å². The van der Waals surface area contributed by atoms with Gasteiger partial charge in [-0.1, -0.05) is 259 Å². The Labute approximate surface area is 445 Å². The van der Waals surface area contributed by atoms with Crippen molar-refractivity contribution >= 4 is 17.9 Å². The number of carbonyl (C=O) groups excluding carboxylic acids is 3. The second-order valence-corrected chi connectivity index (χ2v) is 19.9. The molecule has 72 heavy (non-hydrogen) atoms. The lowest BCUT2D eigenvalue weighted by atomic mass is 10.1. The predicted molar refractivity (Wildman–Crippen MR) is 311 cm³/mol. The fourth-order valence-corrected chi connectivity index (χ4v) is 8.30. The van der Waals surface area contributed by atoms with Gasteiger partial charge in [-0.15, -0.1) is 0 Å². The summed E-state index contributed by atoms with van der Waals surface area (Å²) in [5.74, 6) is -0.902. The van der Waals surface area contributed by atoms with Crippen LogP contribution in [0.25, 0.3) is 0 Å². The van der Waals surface area contributed by atoms with Gasteiger partial charge in [-0.3, -0.25) is 14.4 Å². The van der Waals surface area contributed by atoms with Crippen LogP contribution in [0.4, 0.5) is 0 Å². The van der Waals surface area contributed by atoms with Crippen molar-refractivity contribution in [1.29, 1.82) is 0 Å². The van der Waals surface area contributed by atoms with Gasteiger partial charge in [0.1, 0.15) is 13.2 Å². The molecule has 1 unspecified atom stereocenters. The molecule has 0 aliphatic heterocycles. The van der Waals surface area contributed by atoms with Crippen molar-refractivity contribution in [3.63, 3.8) is 0 Å². The lowest BCUT2D eigenvalue weighted by Gasteiger charge is -2.18. The van der Waals surface area contributed by atoms with Crippen LogP contribution >= 0.6 is 0 Å². The fraction of sp³-hybridized carbons (Fsp3) is 0.712. The van der Waals surface area contributed by atoms with Gasteiger partial charge >= 0.3 is 17.9 Å². The first-order chi connectivity index (χ1) is 35.5. The number of unbranched alkanes of at least 4 members (excludes halogenated alkanes) is 27. The van der Waals surface area contributed by atoms with E-state index in [2.05, 4.69) is 118 Å². The van der Waals surface area contributed by atoms with E-state index in [9.17, 15) is 14.4 Å². The lowest BCUT2D eigenvalue weighted by Crippen LogP contribution is -2.30. The summed E-state index contributed by atoms with van der Waals surface area (Å²) < 4.78 is 16.8. The molecule has 0 aliphatic carbocycles. The highest BCUT2D eigenvalue weighted by atomic mass is 16.6. The molecule has 6 heteroatoms. The Morgan fingerprint density at radius 1 is 0.292 bits per heavy atom.